The Balaban J connectivity index is 2.29. The maximum Gasteiger partial charge on any atom is 0.264 e. The summed E-state index contributed by atoms with van der Waals surface area (Å²) in [5.41, 5.74) is 6.68. The van der Waals surface area contributed by atoms with E-state index in [1.54, 1.807) is 12.1 Å². The zero-order chi connectivity index (χ0) is 18.5. The number of fused-ring (bicyclic) bond motifs is 1. The van der Waals surface area contributed by atoms with Gasteiger partial charge in [0.2, 0.25) is 0 Å². The molecule has 1 aliphatic carbocycles. The standard InChI is InChI=1S/C24H24F2/c1-3-9-20-17(4-2)14-15-18-10-5-7-12-21(18)23(20)16-19-11-6-8-13-22(19)24(25)26/h3,5-13,16,24H,4,14-15H2,1-2H3/b9-3-,23-16-. The van der Waals surface area contributed by atoms with Crippen LogP contribution in [0.1, 0.15) is 55.4 Å². The number of benzene rings is 2. The van der Waals surface area contributed by atoms with Crippen LogP contribution in [0.4, 0.5) is 8.78 Å². The van der Waals surface area contributed by atoms with Gasteiger partial charge < -0.3 is 0 Å². The molecule has 0 aliphatic heterocycles. The summed E-state index contributed by atoms with van der Waals surface area (Å²) in [7, 11) is 0. The van der Waals surface area contributed by atoms with Gasteiger partial charge in [-0.05, 0) is 60.1 Å². The van der Waals surface area contributed by atoms with Crippen LogP contribution in [0.5, 0.6) is 0 Å². The van der Waals surface area contributed by atoms with Crippen molar-refractivity contribution >= 4 is 11.6 Å². The molecule has 2 heteroatoms. The zero-order valence-corrected chi connectivity index (χ0v) is 15.3. The molecule has 26 heavy (non-hydrogen) atoms. The van der Waals surface area contributed by atoms with Crippen molar-refractivity contribution in [3.05, 3.63) is 94.1 Å². The first-order chi connectivity index (χ1) is 12.7. The number of hydrogen-bond donors (Lipinski definition) is 0. The van der Waals surface area contributed by atoms with Gasteiger partial charge in [0.25, 0.3) is 6.43 Å². The van der Waals surface area contributed by atoms with Gasteiger partial charge in [0.05, 0.1) is 0 Å². The van der Waals surface area contributed by atoms with Crippen LogP contribution in [0.15, 0.2) is 71.8 Å². The lowest BCUT2D eigenvalue weighted by molar-refractivity contribution is 0.151. The topological polar surface area (TPSA) is 0 Å². The Hall–Kier alpha value is -2.48. The minimum atomic E-state index is -2.48. The van der Waals surface area contributed by atoms with Gasteiger partial charge in [-0.3, -0.25) is 0 Å². The summed E-state index contributed by atoms with van der Waals surface area (Å²) in [6.45, 7) is 4.17. The fourth-order valence-corrected chi connectivity index (χ4v) is 3.65. The number of hydrogen-bond acceptors (Lipinski definition) is 0. The van der Waals surface area contributed by atoms with E-state index in [0.29, 0.717) is 5.56 Å². The number of aryl methyl sites for hydroxylation is 1. The molecule has 0 nitrogen and oxygen atoms in total. The van der Waals surface area contributed by atoms with Gasteiger partial charge in [-0.1, -0.05) is 73.2 Å². The molecule has 0 saturated carbocycles. The third-order valence-electron chi connectivity index (χ3n) is 4.97. The molecule has 0 atom stereocenters. The van der Waals surface area contributed by atoms with E-state index in [1.807, 2.05) is 31.2 Å². The minimum Gasteiger partial charge on any atom is -0.205 e. The van der Waals surface area contributed by atoms with Crippen molar-refractivity contribution in [3.8, 4) is 0 Å². The first kappa shape index (κ1) is 18.3. The van der Waals surface area contributed by atoms with E-state index in [2.05, 4.69) is 31.2 Å². The first-order valence-corrected chi connectivity index (χ1v) is 9.17. The van der Waals surface area contributed by atoms with Crippen LogP contribution in [-0.2, 0) is 6.42 Å². The van der Waals surface area contributed by atoms with Crippen LogP contribution in [0, 0.1) is 0 Å². The molecule has 0 fully saturated rings. The third kappa shape index (κ3) is 3.70. The summed E-state index contributed by atoms with van der Waals surface area (Å²) in [6.07, 6.45) is 6.56. The molecular formula is C24H24F2. The highest BCUT2D eigenvalue weighted by Crippen LogP contribution is 2.38. The summed E-state index contributed by atoms with van der Waals surface area (Å²) < 4.78 is 27.0. The van der Waals surface area contributed by atoms with Crippen molar-refractivity contribution in [2.24, 2.45) is 0 Å². The molecule has 0 unspecified atom stereocenters. The second-order valence-corrected chi connectivity index (χ2v) is 6.52. The van der Waals surface area contributed by atoms with Crippen LogP contribution in [0.2, 0.25) is 0 Å². The fourth-order valence-electron chi connectivity index (χ4n) is 3.65. The highest BCUT2D eigenvalue weighted by Gasteiger charge is 2.19. The van der Waals surface area contributed by atoms with Crippen molar-refractivity contribution in [2.75, 3.05) is 0 Å². The molecular weight excluding hydrogens is 326 g/mol. The first-order valence-electron chi connectivity index (χ1n) is 9.17. The average molecular weight is 350 g/mol. The van der Waals surface area contributed by atoms with Crippen LogP contribution in [0.25, 0.3) is 11.6 Å². The van der Waals surface area contributed by atoms with Crippen molar-refractivity contribution in [3.63, 3.8) is 0 Å². The van der Waals surface area contributed by atoms with Gasteiger partial charge in [0, 0.05) is 5.56 Å². The lowest BCUT2D eigenvalue weighted by Crippen LogP contribution is -1.95. The molecule has 2 aromatic carbocycles. The van der Waals surface area contributed by atoms with E-state index in [9.17, 15) is 8.78 Å². The second kappa shape index (κ2) is 8.27. The Morgan fingerprint density at radius 1 is 1.00 bits per heavy atom. The number of rotatable bonds is 4. The maximum absolute atomic E-state index is 13.5. The average Bonchev–Trinajstić information content (AvgIpc) is 2.80. The molecule has 0 N–H and O–H groups in total. The summed E-state index contributed by atoms with van der Waals surface area (Å²) in [4.78, 5) is 0. The van der Waals surface area contributed by atoms with E-state index in [-0.39, 0.29) is 5.56 Å². The number of allylic oxidation sites excluding steroid dienone is 5. The summed E-state index contributed by atoms with van der Waals surface area (Å²) >= 11 is 0. The van der Waals surface area contributed by atoms with E-state index >= 15 is 0 Å². The van der Waals surface area contributed by atoms with Gasteiger partial charge in [-0.15, -0.1) is 0 Å². The van der Waals surface area contributed by atoms with Gasteiger partial charge >= 0.3 is 0 Å². The lowest BCUT2D eigenvalue weighted by Gasteiger charge is -2.15. The number of halogens is 2. The molecule has 134 valence electrons. The smallest absolute Gasteiger partial charge is 0.205 e. The van der Waals surface area contributed by atoms with Crippen molar-refractivity contribution in [2.45, 2.75) is 39.5 Å². The molecule has 3 rings (SSSR count). The fraction of sp³-hybridized carbons (Fsp3) is 0.250. The summed E-state index contributed by atoms with van der Waals surface area (Å²) in [5.74, 6) is 0. The third-order valence-corrected chi connectivity index (χ3v) is 4.97. The molecule has 2 aromatic rings. The largest absolute Gasteiger partial charge is 0.264 e. The van der Waals surface area contributed by atoms with Crippen molar-refractivity contribution in [1.29, 1.82) is 0 Å². The van der Waals surface area contributed by atoms with Crippen molar-refractivity contribution < 1.29 is 8.78 Å². The molecule has 0 spiro atoms. The van der Waals surface area contributed by atoms with Gasteiger partial charge in [-0.2, -0.15) is 0 Å². The maximum atomic E-state index is 13.5. The monoisotopic (exact) mass is 350 g/mol. The molecule has 0 heterocycles. The Morgan fingerprint density at radius 3 is 2.46 bits per heavy atom. The Morgan fingerprint density at radius 2 is 1.73 bits per heavy atom. The number of alkyl halides is 2. The SMILES string of the molecule is C/C=C\C1=C(CC)CCc2ccccc2/C1=C\c1ccccc1C(F)F. The van der Waals surface area contributed by atoms with Crippen LogP contribution in [0.3, 0.4) is 0 Å². The van der Waals surface area contributed by atoms with Gasteiger partial charge in [-0.25, -0.2) is 8.78 Å². The van der Waals surface area contributed by atoms with Crippen LogP contribution < -0.4 is 0 Å². The van der Waals surface area contributed by atoms with E-state index < -0.39 is 6.43 Å². The Kier molecular flexibility index (Phi) is 5.82. The normalized spacial score (nSPS) is 16.4. The second-order valence-electron chi connectivity index (χ2n) is 6.52. The summed E-state index contributed by atoms with van der Waals surface area (Å²) in [5, 5.41) is 0. The zero-order valence-electron chi connectivity index (χ0n) is 15.3. The van der Waals surface area contributed by atoms with Gasteiger partial charge in [0.15, 0.2) is 0 Å². The van der Waals surface area contributed by atoms with Crippen molar-refractivity contribution in [1.82, 2.24) is 0 Å². The Labute approximate surface area is 154 Å². The van der Waals surface area contributed by atoms with E-state index in [4.69, 9.17) is 0 Å². The molecule has 0 bridgehead atoms. The lowest BCUT2D eigenvalue weighted by atomic mass is 9.90. The quantitative estimate of drug-likeness (QED) is 0.539. The van der Waals surface area contributed by atoms with E-state index in [1.165, 1.54) is 22.8 Å². The molecule has 0 amide bonds. The Bertz CT molecular complexity index is 869. The molecule has 1 aliphatic rings. The highest BCUT2D eigenvalue weighted by atomic mass is 19.3. The van der Waals surface area contributed by atoms with Gasteiger partial charge in [0.1, 0.15) is 0 Å². The van der Waals surface area contributed by atoms with Crippen LogP contribution >= 0.6 is 0 Å². The molecule has 0 saturated heterocycles. The highest BCUT2D eigenvalue weighted by molar-refractivity contribution is 5.95. The minimum absolute atomic E-state index is 0.0830. The molecule has 0 aromatic heterocycles. The predicted octanol–water partition coefficient (Wildman–Crippen LogP) is 7.39. The predicted molar refractivity (Wildman–Crippen MR) is 106 cm³/mol. The summed E-state index contributed by atoms with van der Waals surface area (Å²) in [6, 6.07) is 15.1. The molecule has 0 radical (unpaired) electrons. The van der Waals surface area contributed by atoms with Crippen LogP contribution in [-0.4, -0.2) is 0 Å². The van der Waals surface area contributed by atoms with E-state index in [0.717, 1.165) is 30.4 Å².